The molecule has 0 spiro atoms. The van der Waals surface area contributed by atoms with Crippen molar-refractivity contribution < 1.29 is 19.1 Å². The number of oxime groups is 1. The van der Waals surface area contributed by atoms with E-state index in [1.54, 1.807) is 50.8 Å². The Balaban J connectivity index is 2.10. The van der Waals surface area contributed by atoms with Gasteiger partial charge in [-0.2, -0.15) is 0 Å². The standard InChI is InChI=1S/C19H22N2O4/c1-13(17-10-9-16(23-2)11-18(17)24-3)21-19(22)15-7-5-14(6-8-15)12-20-25-4/h5-13H,1-4H3,(H,21,22)/b20-12+. The Morgan fingerprint density at radius 2 is 1.80 bits per heavy atom. The van der Waals surface area contributed by atoms with Crippen LogP contribution in [0, 0.1) is 0 Å². The molecule has 0 heterocycles. The van der Waals surface area contributed by atoms with E-state index in [2.05, 4.69) is 15.3 Å². The molecule has 6 nitrogen and oxygen atoms in total. The van der Waals surface area contributed by atoms with Crippen LogP contribution in [0.1, 0.15) is 34.5 Å². The molecule has 0 saturated carbocycles. The van der Waals surface area contributed by atoms with Crippen molar-refractivity contribution in [1.29, 1.82) is 0 Å². The van der Waals surface area contributed by atoms with Gasteiger partial charge in [-0.1, -0.05) is 17.3 Å². The molecule has 2 rings (SSSR count). The van der Waals surface area contributed by atoms with Gasteiger partial charge in [0.05, 0.1) is 26.5 Å². The maximum absolute atomic E-state index is 12.4. The highest BCUT2D eigenvalue weighted by atomic mass is 16.6. The minimum absolute atomic E-state index is 0.166. The Labute approximate surface area is 147 Å². The first-order valence-electron chi connectivity index (χ1n) is 7.78. The van der Waals surface area contributed by atoms with Crippen molar-refractivity contribution in [3.63, 3.8) is 0 Å². The van der Waals surface area contributed by atoms with Gasteiger partial charge in [0.15, 0.2) is 0 Å². The predicted octanol–water partition coefficient (Wildman–Crippen LogP) is 3.18. The lowest BCUT2D eigenvalue weighted by Gasteiger charge is -2.18. The summed E-state index contributed by atoms with van der Waals surface area (Å²) in [6.07, 6.45) is 1.58. The molecule has 1 unspecified atom stereocenters. The molecule has 1 N–H and O–H groups in total. The number of nitrogens with zero attached hydrogens (tertiary/aromatic N) is 1. The fourth-order valence-electron chi connectivity index (χ4n) is 2.37. The van der Waals surface area contributed by atoms with E-state index < -0.39 is 0 Å². The number of nitrogens with one attached hydrogen (secondary N) is 1. The summed E-state index contributed by atoms with van der Waals surface area (Å²) in [5, 5.41) is 6.66. The summed E-state index contributed by atoms with van der Waals surface area (Å²) in [6.45, 7) is 1.90. The molecule has 1 atom stereocenters. The monoisotopic (exact) mass is 342 g/mol. The Bertz CT molecular complexity index is 742. The first kappa shape index (κ1) is 18.3. The molecule has 0 fully saturated rings. The van der Waals surface area contributed by atoms with Gasteiger partial charge in [-0.05, 0) is 36.8 Å². The van der Waals surface area contributed by atoms with Crippen LogP contribution in [0.2, 0.25) is 0 Å². The largest absolute Gasteiger partial charge is 0.497 e. The Hall–Kier alpha value is -3.02. The molecule has 6 heteroatoms. The van der Waals surface area contributed by atoms with Gasteiger partial charge < -0.3 is 19.6 Å². The van der Waals surface area contributed by atoms with Crippen LogP contribution in [0.25, 0.3) is 0 Å². The molecule has 25 heavy (non-hydrogen) atoms. The second-order valence-electron chi connectivity index (χ2n) is 5.34. The zero-order valence-electron chi connectivity index (χ0n) is 14.8. The zero-order chi connectivity index (χ0) is 18.2. The van der Waals surface area contributed by atoms with Gasteiger partial charge in [-0.3, -0.25) is 4.79 Å². The van der Waals surface area contributed by atoms with Crippen molar-refractivity contribution in [2.24, 2.45) is 5.16 Å². The third-order valence-electron chi connectivity index (χ3n) is 3.73. The van der Waals surface area contributed by atoms with Crippen molar-refractivity contribution in [3.8, 4) is 11.5 Å². The molecule has 132 valence electrons. The van der Waals surface area contributed by atoms with Crippen molar-refractivity contribution in [1.82, 2.24) is 5.32 Å². The molecule has 2 aromatic rings. The normalized spacial score (nSPS) is 11.8. The molecule has 0 bridgehead atoms. The van der Waals surface area contributed by atoms with Gasteiger partial charge in [-0.25, -0.2) is 0 Å². The molecule has 0 aromatic heterocycles. The quantitative estimate of drug-likeness (QED) is 0.620. The first-order valence-corrected chi connectivity index (χ1v) is 7.78. The average molecular weight is 342 g/mol. The second kappa shape index (κ2) is 8.73. The molecule has 0 aliphatic carbocycles. The summed E-state index contributed by atoms with van der Waals surface area (Å²) in [7, 11) is 4.67. The van der Waals surface area contributed by atoms with Crippen LogP contribution >= 0.6 is 0 Å². The van der Waals surface area contributed by atoms with E-state index in [-0.39, 0.29) is 11.9 Å². The second-order valence-corrected chi connectivity index (χ2v) is 5.34. The zero-order valence-corrected chi connectivity index (χ0v) is 14.8. The fourth-order valence-corrected chi connectivity index (χ4v) is 2.37. The highest BCUT2D eigenvalue weighted by molar-refractivity contribution is 5.95. The number of ether oxygens (including phenoxy) is 2. The average Bonchev–Trinajstić information content (AvgIpc) is 2.65. The number of benzene rings is 2. The van der Waals surface area contributed by atoms with Gasteiger partial charge in [0.2, 0.25) is 0 Å². The molecule has 1 amide bonds. The summed E-state index contributed by atoms with van der Waals surface area (Å²) in [4.78, 5) is 17.1. The van der Waals surface area contributed by atoms with E-state index >= 15 is 0 Å². The summed E-state index contributed by atoms with van der Waals surface area (Å²) in [5.41, 5.74) is 2.29. The minimum atomic E-state index is -0.219. The summed E-state index contributed by atoms with van der Waals surface area (Å²) in [5.74, 6) is 1.20. The number of hydrogen-bond donors (Lipinski definition) is 1. The number of amides is 1. The molecule has 2 aromatic carbocycles. The maximum atomic E-state index is 12.4. The number of carbonyl (C=O) groups is 1. The lowest BCUT2D eigenvalue weighted by Crippen LogP contribution is -2.26. The van der Waals surface area contributed by atoms with Gasteiger partial charge in [-0.15, -0.1) is 0 Å². The van der Waals surface area contributed by atoms with E-state index in [0.717, 1.165) is 11.1 Å². The fraction of sp³-hybridized carbons (Fsp3) is 0.263. The number of carbonyl (C=O) groups excluding carboxylic acids is 1. The van der Waals surface area contributed by atoms with Crippen LogP contribution in [0.5, 0.6) is 11.5 Å². The lowest BCUT2D eigenvalue weighted by atomic mass is 10.1. The maximum Gasteiger partial charge on any atom is 0.251 e. The van der Waals surface area contributed by atoms with E-state index in [0.29, 0.717) is 17.1 Å². The van der Waals surface area contributed by atoms with Crippen LogP contribution in [0.4, 0.5) is 0 Å². The van der Waals surface area contributed by atoms with Gasteiger partial charge >= 0.3 is 0 Å². The minimum Gasteiger partial charge on any atom is -0.497 e. The van der Waals surface area contributed by atoms with Crippen LogP contribution in [0.3, 0.4) is 0 Å². The number of methoxy groups -OCH3 is 2. The Morgan fingerprint density at radius 3 is 2.40 bits per heavy atom. The van der Waals surface area contributed by atoms with Crippen molar-refractivity contribution in [3.05, 3.63) is 59.2 Å². The molecule has 0 aliphatic rings. The topological polar surface area (TPSA) is 69.2 Å². The highest BCUT2D eigenvalue weighted by Crippen LogP contribution is 2.29. The summed E-state index contributed by atoms with van der Waals surface area (Å²) in [6, 6.07) is 12.4. The Kier molecular flexibility index (Phi) is 6.39. The number of rotatable bonds is 7. The van der Waals surface area contributed by atoms with Crippen molar-refractivity contribution in [2.75, 3.05) is 21.3 Å². The molecule has 0 radical (unpaired) electrons. The van der Waals surface area contributed by atoms with Crippen LogP contribution in [-0.4, -0.2) is 33.5 Å². The summed E-state index contributed by atoms with van der Waals surface area (Å²) < 4.78 is 10.6. The predicted molar refractivity (Wildman–Crippen MR) is 96.5 cm³/mol. The van der Waals surface area contributed by atoms with E-state index in [1.165, 1.54) is 7.11 Å². The third-order valence-corrected chi connectivity index (χ3v) is 3.73. The van der Waals surface area contributed by atoms with Crippen molar-refractivity contribution in [2.45, 2.75) is 13.0 Å². The van der Waals surface area contributed by atoms with Crippen LogP contribution in [0.15, 0.2) is 47.6 Å². The van der Waals surface area contributed by atoms with E-state index in [9.17, 15) is 4.79 Å². The number of hydrogen-bond acceptors (Lipinski definition) is 5. The van der Waals surface area contributed by atoms with E-state index in [1.807, 2.05) is 19.1 Å². The molecular formula is C19H22N2O4. The smallest absolute Gasteiger partial charge is 0.251 e. The summed E-state index contributed by atoms with van der Waals surface area (Å²) >= 11 is 0. The lowest BCUT2D eigenvalue weighted by molar-refractivity contribution is 0.0939. The van der Waals surface area contributed by atoms with Gasteiger partial charge in [0.25, 0.3) is 5.91 Å². The molecule has 0 aliphatic heterocycles. The molecule has 0 saturated heterocycles. The van der Waals surface area contributed by atoms with Crippen molar-refractivity contribution >= 4 is 12.1 Å². The third kappa shape index (κ3) is 4.73. The van der Waals surface area contributed by atoms with E-state index in [4.69, 9.17) is 9.47 Å². The SMILES string of the molecule is CO/N=C/c1ccc(C(=O)NC(C)c2ccc(OC)cc2OC)cc1. The van der Waals surface area contributed by atoms with Crippen LogP contribution < -0.4 is 14.8 Å². The van der Waals surface area contributed by atoms with Crippen LogP contribution in [-0.2, 0) is 4.84 Å². The highest BCUT2D eigenvalue weighted by Gasteiger charge is 2.16. The Morgan fingerprint density at radius 1 is 1.08 bits per heavy atom. The van der Waals surface area contributed by atoms with Gasteiger partial charge in [0, 0.05) is 17.2 Å². The first-order chi connectivity index (χ1) is 12.1. The molecular weight excluding hydrogens is 320 g/mol. The van der Waals surface area contributed by atoms with Gasteiger partial charge in [0.1, 0.15) is 18.6 Å².